The summed E-state index contributed by atoms with van der Waals surface area (Å²) in [5, 5.41) is 17.8. The minimum absolute atomic E-state index is 0.00410. The van der Waals surface area contributed by atoms with E-state index in [9.17, 15) is 24.3 Å². The van der Waals surface area contributed by atoms with Gasteiger partial charge in [0.2, 0.25) is 11.8 Å². The number of rotatable bonds is 13. The average Bonchev–Trinajstić information content (AvgIpc) is 2.90. The molecule has 0 fully saturated rings. The fourth-order valence-corrected chi connectivity index (χ4v) is 4.28. The zero-order valence-electron chi connectivity index (χ0n) is 21.8. The highest BCUT2D eigenvalue weighted by atomic mass is 35.5. The van der Waals surface area contributed by atoms with Crippen LogP contribution in [0.15, 0.2) is 48.5 Å². The average molecular weight is 564 g/mol. The van der Waals surface area contributed by atoms with Crippen LogP contribution in [-0.4, -0.2) is 66.0 Å². The van der Waals surface area contributed by atoms with Crippen molar-refractivity contribution in [2.45, 2.75) is 44.8 Å². The highest BCUT2D eigenvalue weighted by Crippen LogP contribution is 2.23. The zero-order valence-corrected chi connectivity index (χ0v) is 23.4. The van der Waals surface area contributed by atoms with Gasteiger partial charge in [-0.2, -0.15) is 11.8 Å². The third-order valence-corrected chi connectivity index (χ3v) is 6.72. The number of amides is 3. The molecule has 3 atom stereocenters. The van der Waals surface area contributed by atoms with E-state index in [1.54, 1.807) is 13.8 Å². The molecular formula is C27H34ClN3O6S. The van der Waals surface area contributed by atoms with Crippen molar-refractivity contribution in [3.63, 3.8) is 0 Å². The molecule has 0 saturated carbocycles. The molecule has 2 aromatic carbocycles. The van der Waals surface area contributed by atoms with Crippen LogP contribution >= 0.6 is 23.4 Å². The molecule has 38 heavy (non-hydrogen) atoms. The molecule has 0 saturated heterocycles. The number of methoxy groups -OCH3 is 1. The van der Waals surface area contributed by atoms with Gasteiger partial charge in [0.05, 0.1) is 12.1 Å². The lowest BCUT2D eigenvalue weighted by Gasteiger charge is -2.26. The molecule has 0 aliphatic heterocycles. The number of phenolic OH excluding ortho intramolecular Hbond substituents is 1. The van der Waals surface area contributed by atoms with Crippen LogP contribution in [0.4, 0.5) is 0 Å². The first kappa shape index (κ1) is 31.0. The number of phenols is 1. The molecule has 11 heteroatoms. The highest BCUT2D eigenvalue weighted by Gasteiger charge is 2.31. The fraction of sp³-hybridized carbons (Fsp3) is 0.407. The van der Waals surface area contributed by atoms with Crippen LogP contribution < -0.4 is 16.0 Å². The molecule has 0 bridgehead atoms. The van der Waals surface area contributed by atoms with E-state index in [1.807, 2.05) is 36.6 Å². The van der Waals surface area contributed by atoms with E-state index in [1.165, 1.54) is 37.1 Å². The molecule has 206 valence electrons. The van der Waals surface area contributed by atoms with Crippen LogP contribution in [-0.2, 0) is 25.5 Å². The van der Waals surface area contributed by atoms with Gasteiger partial charge in [0.15, 0.2) is 0 Å². The topological polar surface area (TPSA) is 134 Å². The second kappa shape index (κ2) is 15.2. The lowest BCUT2D eigenvalue weighted by molar-refractivity contribution is -0.145. The number of thioether (sulfide) groups is 1. The van der Waals surface area contributed by atoms with E-state index in [0.29, 0.717) is 12.2 Å². The van der Waals surface area contributed by atoms with Crippen molar-refractivity contribution < 1.29 is 29.0 Å². The predicted molar refractivity (Wildman–Crippen MR) is 148 cm³/mol. The van der Waals surface area contributed by atoms with E-state index in [0.717, 1.165) is 5.56 Å². The molecule has 2 aromatic rings. The summed E-state index contributed by atoms with van der Waals surface area (Å²) in [6.45, 7) is 3.52. The Morgan fingerprint density at radius 2 is 1.63 bits per heavy atom. The minimum Gasteiger partial charge on any atom is -0.506 e. The predicted octanol–water partition coefficient (Wildman–Crippen LogP) is 2.94. The number of carbonyl (C=O) groups excluding carboxylic acids is 4. The summed E-state index contributed by atoms with van der Waals surface area (Å²) in [6, 6.07) is 10.3. The molecule has 0 aliphatic rings. The number of aromatic hydroxyl groups is 1. The SMILES string of the molecule is COC(=O)[C@H](CCSC)NC(=O)[C@H](Cc1ccccc1)NC(=O)[C@@H](NC(=O)c1ccc(O)c(Cl)c1)C(C)C. The van der Waals surface area contributed by atoms with Gasteiger partial charge in [0.1, 0.15) is 23.9 Å². The van der Waals surface area contributed by atoms with Gasteiger partial charge in [-0.1, -0.05) is 55.8 Å². The summed E-state index contributed by atoms with van der Waals surface area (Å²) in [6.07, 6.45) is 2.42. The van der Waals surface area contributed by atoms with Crippen molar-refractivity contribution in [3.05, 3.63) is 64.7 Å². The molecule has 9 nitrogen and oxygen atoms in total. The molecule has 0 unspecified atom stereocenters. The maximum atomic E-state index is 13.4. The van der Waals surface area contributed by atoms with Gasteiger partial charge >= 0.3 is 5.97 Å². The quantitative estimate of drug-likeness (QED) is 0.275. The lowest BCUT2D eigenvalue weighted by Crippen LogP contribution is -2.57. The van der Waals surface area contributed by atoms with Crippen LogP contribution in [0.5, 0.6) is 5.75 Å². The van der Waals surface area contributed by atoms with Crippen LogP contribution in [0.2, 0.25) is 5.02 Å². The van der Waals surface area contributed by atoms with Gasteiger partial charge < -0.3 is 25.8 Å². The number of halogens is 1. The van der Waals surface area contributed by atoms with E-state index in [2.05, 4.69) is 16.0 Å². The van der Waals surface area contributed by atoms with Crippen molar-refractivity contribution >= 4 is 47.1 Å². The number of hydrogen-bond donors (Lipinski definition) is 4. The molecule has 0 aromatic heterocycles. The second-order valence-corrected chi connectivity index (χ2v) is 10.4. The zero-order chi connectivity index (χ0) is 28.2. The van der Waals surface area contributed by atoms with E-state index in [4.69, 9.17) is 16.3 Å². The lowest BCUT2D eigenvalue weighted by atomic mass is 10.00. The number of nitrogens with one attached hydrogen (secondary N) is 3. The van der Waals surface area contributed by atoms with Gasteiger partial charge in [-0.25, -0.2) is 4.79 Å². The van der Waals surface area contributed by atoms with E-state index >= 15 is 0 Å². The molecule has 4 N–H and O–H groups in total. The molecular weight excluding hydrogens is 530 g/mol. The summed E-state index contributed by atoms with van der Waals surface area (Å²) in [7, 11) is 1.25. The van der Waals surface area contributed by atoms with E-state index < -0.39 is 41.8 Å². The maximum absolute atomic E-state index is 13.4. The molecule has 0 radical (unpaired) electrons. The van der Waals surface area contributed by atoms with Crippen LogP contribution in [0.25, 0.3) is 0 Å². The molecule has 0 heterocycles. The standard InChI is InChI=1S/C27H34ClN3O6S/c1-16(2)23(31-24(33)18-10-11-22(32)19(28)15-18)26(35)30-21(14-17-8-6-5-7-9-17)25(34)29-20(12-13-38-4)27(36)37-3/h5-11,15-16,20-21,23,32H,12-14H2,1-4H3,(H,29,34)(H,30,35)(H,31,33)/t20-,21-,23-/m0/s1. The Hall–Kier alpha value is -3.24. The summed E-state index contributed by atoms with van der Waals surface area (Å²) < 4.78 is 4.84. The first-order valence-electron chi connectivity index (χ1n) is 12.1. The smallest absolute Gasteiger partial charge is 0.328 e. The van der Waals surface area contributed by atoms with Gasteiger partial charge in [-0.05, 0) is 48.1 Å². The number of ether oxygens (including phenoxy) is 1. The number of benzene rings is 2. The fourth-order valence-electron chi connectivity index (χ4n) is 3.63. The van der Waals surface area contributed by atoms with Gasteiger partial charge in [0.25, 0.3) is 5.91 Å². The Morgan fingerprint density at radius 1 is 0.974 bits per heavy atom. The number of carbonyl (C=O) groups is 4. The van der Waals surface area contributed by atoms with Gasteiger partial charge in [-0.15, -0.1) is 0 Å². The van der Waals surface area contributed by atoms with Crippen LogP contribution in [0.3, 0.4) is 0 Å². The normalized spacial score (nSPS) is 13.2. The third-order valence-electron chi connectivity index (χ3n) is 5.77. The maximum Gasteiger partial charge on any atom is 0.328 e. The molecule has 0 spiro atoms. The van der Waals surface area contributed by atoms with Crippen molar-refractivity contribution in [3.8, 4) is 5.75 Å². The summed E-state index contributed by atoms with van der Waals surface area (Å²) >= 11 is 7.45. The Labute approximate surface area is 232 Å². The van der Waals surface area contributed by atoms with Crippen LogP contribution in [0.1, 0.15) is 36.2 Å². The van der Waals surface area contributed by atoms with Gasteiger partial charge in [0, 0.05) is 12.0 Å². The molecule has 2 rings (SSSR count). The van der Waals surface area contributed by atoms with E-state index in [-0.39, 0.29) is 28.7 Å². The Balaban J connectivity index is 2.25. The number of esters is 1. The Morgan fingerprint density at radius 3 is 2.21 bits per heavy atom. The highest BCUT2D eigenvalue weighted by molar-refractivity contribution is 7.98. The summed E-state index contributed by atoms with van der Waals surface area (Å²) in [5.41, 5.74) is 0.968. The van der Waals surface area contributed by atoms with Crippen molar-refractivity contribution in [1.82, 2.24) is 16.0 Å². The monoisotopic (exact) mass is 563 g/mol. The Kier molecular flexibility index (Phi) is 12.4. The van der Waals surface area contributed by atoms with Crippen molar-refractivity contribution in [1.29, 1.82) is 0 Å². The number of hydrogen-bond acceptors (Lipinski definition) is 7. The minimum atomic E-state index is -1.02. The molecule has 0 aliphatic carbocycles. The summed E-state index contributed by atoms with van der Waals surface area (Å²) in [5.74, 6) is -2.11. The van der Waals surface area contributed by atoms with Crippen molar-refractivity contribution in [2.75, 3.05) is 19.1 Å². The van der Waals surface area contributed by atoms with Crippen LogP contribution in [0, 0.1) is 5.92 Å². The van der Waals surface area contributed by atoms with Crippen molar-refractivity contribution in [2.24, 2.45) is 5.92 Å². The first-order chi connectivity index (χ1) is 18.1. The molecule has 3 amide bonds. The van der Waals surface area contributed by atoms with Gasteiger partial charge in [-0.3, -0.25) is 14.4 Å². The largest absolute Gasteiger partial charge is 0.506 e. The second-order valence-electron chi connectivity index (χ2n) is 8.98. The Bertz CT molecular complexity index is 1120. The third kappa shape index (κ3) is 9.25. The first-order valence-corrected chi connectivity index (χ1v) is 13.8. The summed E-state index contributed by atoms with van der Waals surface area (Å²) in [4.78, 5) is 51.8.